The van der Waals surface area contributed by atoms with Gasteiger partial charge in [-0.3, -0.25) is 4.79 Å². The number of fused-ring (bicyclic) bond motifs is 1. The lowest BCUT2D eigenvalue weighted by atomic mass is 9.92. The molecule has 0 radical (unpaired) electrons. The Kier molecular flexibility index (Phi) is 4.00. The summed E-state index contributed by atoms with van der Waals surface area (Å²) in [5.74, 6) is 1.65. The lowest BCUT2D eigenvalue weighted by Gasteiger charge is -2.36. The third-order valence-electron chi connectivity index (χ3n) is 5.10. The first-order valence-corrected chi connectivity index (χ1v) is 9.36. The molecule has 2 aliphatic rings. The van der Waals surface area contributed by atoms with Crippen LogP contribution in [0.5, 0.6) is 0 Å². The lowest BCUT2D eigenvalue weighted by Crippen LogP contribution is -2.48. The highest BCUT2D eigenvalue weighted by atomic mass is 32.1. The largest absolute Gasteiger partial charge is 0.353 e. The van der Waals surface area contributed by atoms with Crippen molar-refractivity contribution >= 4 is 23.1 Å². The maximum atomic E-state index is 12.9. The van der Waals surface area contributed by atoms with Gasteiger partial charge in [-0.1, -0.05) is 0 Å². The minimum atomic E-state index is 0.194. The zero-order chi connectivity index (χ0) is 16.7. The van der Waals surface area contributed by atoms with Gasteiger partial charge in [0.05, 0.1) is 16.6 Å². The zero-order valence-electron chi connectivity index (χ0n) is 14.1. The summed E-state index contributed by atoms with van der Waals surface area (Å²) in [6.45, 7) is 6.69. The summed E-state index contributed by atoms with van der Waals surface area (Å²) >= 11 is 1.60. The fourth-order valence-electron chi connectivity index (χ4n) is 3.87. The minimum absolute atomic E-state index is 0.194. The Morgan fingerprint density at radius 1 is 1.17 bits per heavy atom. The van der Waals surface area contributed by atoms with Crippen molar-refractivity contribution in [3.05, 3.63) is 39.7 Å². The van der Waals surface area contributed by atoms with Crippen LogP contribution in [-0.2, 0) is 0 Å². The van der Waals surface area contributed by atoms with Crippen LogP contribution in [0.25, 0.3) is 0 Å². The summed E-state index contributed by atoms with van der Waals surface area (Å²) in [5, 5.41) is 8.50. The summed E-state index contributed by atoms with van der Waals surface area (Å²) in [5.41, 5.74) is 0.931. The van der Waals surface area contributed by atoms with Gasteiger partial charge in [0, 0.05) is 24.5 Å². The molecule has 2 aromatic heterocycles. The summed E-state index contributed by atoms with van der Waals surface area (Å²) in [4.78, 5) is 19.4. The maximum absolute atomic E-state index is 12.9. The Bertz CT molecular complexity index is 742. The number of nitrogens with zero attached hydrogens (tertiary/aromatic N) is 4. The second-order valence-corrected chi connectivity index (χ2v) is 8.10. The first-order chi connectivity index (χ1) is 11.6. The molecule has 5 nitrogen and oxygen atoms in total. The monoisotopic (exact) mass is 342 g/mol. The molecule has 2 atom stereocenters. The number of aromatic nitrogens is 2. The van der Waals surface area contributed by atoms with Gasteiger partial charge in [-0.25, -0.2) is 0 Å². The number of anilines is 1. The molecule has 2 saturated heterocycles. The number of amides is 1. The molecule has 0 unspecified atom stereocenters. The number of piperidine rings is 1. The van der Waals surface area contributed by atoms with E-state index in [2.05, 4.69) is 20.0 Å². The molecule has 0 saturated carbocycles. The molecular formula is C18H22N4OS. The van der Waals surface area contributed by atoms with Gasteiger partial charge in [0.15, 0.2) is 5.82 Å². The standard InChI is InChI=1S/C18H22N4OS/c1-12-5-8-17(20-19-12)21-10-14-4-3-9-22(15(14)11-21)18(23)16-7-6-13(2)24-16/h5-8,14-15H,3-4,9-11H2,1-2H3/t14-,15+/m0/s1. The summed E-state index contributed by atoms with van der Waals surface area (Å²) < 4.78 is 0. The molecule has 0 aromatic carbocycles. The molecule has 2 aromatic rings. The van der Waals surface area contributed by atoms with E-state index in [0.29, 0.717) is 5.92 Å². The molecule has 4 heterocycles. The van der Waals surface area contributed by atoms with E-state index in [0.717, 1.165) is 42.4 Å². The molecule has 126 valence electrons. The number of aryl methyl sites for hydroxylation is 2. The zero-order valence-corrected chi connectivity index (χ0v) is 14.9. The Morgan fingerprint density at radius 2 is 2.04 bits per heavy atom. The second kappa shape index (κ2) is 6.16. The molecule has 0 spiro atoms. The molecule has 0 aliphatic carbocycles. The van der Waals surface area contributed by atoms with Gasteiger partial charge in [0.1, 0.15) is 0 Å². The van der Waals surface area contributed by atoms with Gasteiger partial charge >= 0.3 is 0 Å². The van der Waals surface area contributed by atoms with Crippen LogP contribution in [0.1, 0.15) is 33.1 Å². The van der Waals surface area contributed by atoms with E-state index in [1.807, 2.05) is 38.1 Å². The van der Waals surface area contributed by atoms with E-state index >= 15 is 0 Å². The number of rotatable bonds is 2. The lowest BCUT2D eigenvalue weighted by molar-refractivity contribution is 0.0580. The molecule has 1 amide bonds. The molecule has 6 heteroatoms. The fourth-order valence-corrected chi connectivity index (χ4v) is 4.69. The number of hydrogen-bond donors (Lipinski definition) is 0. The Hall–Kier alpha value is -1.95. The number of hydrogen-bond acceptors (Lipinski definition) is 5. The third kappa shape index (κ3) is 2.79. The maximum Gasteiger partial charge on any atom is 0.264 e. The number of carbonyl (C=O) groups excluding carboxylic acids is 1. The normalized spacial score (nSPS) is 23.4. The van der Waals surface area contributed by atoms with Gasteiger partial charge in [-0.05, 0) is 56.9 Å². The first-order valence-electron chi connectivity index (χ1n) is 8.54. The molecule has 0 N–H and O–H groups in total. The van der Waals surface area contributed by atoms with E-state index < -0.39 is 0 Å². The first kappa shape index (κ1) is 15.6. The van der Waals surface area contributed by atoms with Crippen LogP contribution in [0.15, 0.2) is 24.3 Å². The third-order valence-corrected chi connectivity index (χ3v) is 6.09. The predicted octanol–water partition coefficient (Wildman–Crippen LogP) is 2.90. The van der Waals surface area contributed by atoms with Crippen molar-refractivity contribution in [1.29, 1.82) is 0 Å². The van der Waals surface area contributed by atoms with Gasteiger partial charge in [-0.15, -0.1) is 16.4 Å². The van der Waals surface area contributed by atoms with Gasteiger partial charge in [0.2, 0.25) is 0 Å². The average Bonchev–Trinajstić information content (AvgIpc) is 3.20. The van der Waals surface area contributed by atoms with Crippen molar-refractivity contribution in [1.82, 2.24) is 15.1 Å². The van der Waals surface area contributed by atoms with Crippen LogP contribution in [0.2, 0.25) is 0 Å². The van der Waals surface area contributed by atoms with Crippen LogP contribution >= 0.6 is 11.3 Å². The quantitative estimate of drug-likeness (QED) is 0.842. The topological polar surface area (TPSA) is 49.3 Å². The van der Waals surface area contributed by atoms with E-state index in [1.165, 1.54) is 11.3 Å². The van der Waals surface area contributed by atoms with Crippen molar-refractivity contribution in [3.8, 4) is 0 Å². The molecule has 4 rings (SSSR count). The van der Waals surface area contributed by atoms with Crippen molar-refractivity contribution in [2.45, 2.75) is 32.7 Å². The SMILES string of the molecule is Cc1ccc(N2C[C@@H]3CCCN(C(=O)c4ccc(C)s4)[C@@H]3C2)nn1. The average molecular weight is 342 g/mol. The minimum Gasteiger partial charge on any atom is -0.353 e. The van der Waals surface area contributed by atoms with Crippen molar-refractivity contribution in [2.75, 3.05) is 24.5 Å². The highest BCUT2D eigenvalue weighted by Crippen LogP contribution is 2.34. The van der Waals surface area contributed by atoms with Crippen LogP contribution in [-0.4, -0.2) is 46.7 Å². The second-order valence-electron chi connectivity index (χ2n) is 6.82. The summed E-state index contributed by atoms with van der Waals surface area (Å²) in [6.07, 6.45) is 2.28. The van der Waals surface area contributed by atoms with Crippen molar-refractivity contribution in [2.24, 2.45) is 5.92 Å². The molecule has 2 aliphatic heterocycles. The van der Waals surface area contributed by atoms with Crippen molar-refractivity contribution < 1.29 is 4.79 Å². The van der Waals surface area contributed by atoms with E-state index in [1.54, 1.807) is 11.3 Å². The van der Waals surface area contributed by atoms with E-state index in [-0.39, 0.29) is 11.9 Å². The molecule has 0 bridgehead atoms. The Morgan fingerprint density at radius 3 is 2.75 bits per heavy atom. The summed E-state index contributed by atoms with van der Waals surface area (Å²) in [6, 6.07) is 8.32. The van der Waals surface area contributed by atoms with E-state index in [9.17, 15) is 4.79 Å². The number of likely N-dealkylation sites (tertiary alicyclic amines) is 1. The van der Waals surface area contributed by atoms with Crippen LogP contribution in [0, 0.1) is 19.8 Å². The van der Waals surface area contributed by atoms with Gasteiger partial charge in [-0.2, -0.15) is 5.10 Å². The predicted molar refractivity (Wildman–Crippen MR) is 95.6 cm³/mol. The van der Waals surface area contributed by atoms with Gasteiger partial charge < -0.3 is 9.80 Å². The molecular weight excluding hydrogens is 320 g/mol. The Balaban J connectivity index is 1.54. The smallest absolute Gasteiger partial charge is 0.264 e. The molecule has 24 heavy (non-hydrogen) atoms. The number of carbonyl (C=O) groups is 1. The summed E-state index contributed by atoms with van der Waals surface area (Å²) in [7, 11) is 0. The van der Waals surface area contributed by atoms with Crippen LogP contribution < -0.4 is 4.90 Å². The van der Waals surface area contributed by atoms with Gasteiger partial charge in [0.25, 0.3) is 5.91 Å². The van der Waals surface area contributed by atoms with Crippen molar-refractivity contribution in [3.63, 3.8) is 0 Å². The van der Waals surface area contributed by atoms with E-state index in [4.69, 9.17) is 0 Å². The fraction of sp³-hybridized carbons (Fsp3) is 0.500. The molecule has 2 fully saturated rings. The highest BCUT2D eigenvalue weighted by molar-refractivity contribution is 7.13. The Labute approximate surface area is 146 Å². The van der Waals surface area contributed by atoms with Crippen LogP contribution in [0.4, 0.5) is 5.82 Å². The van der Waals surface area contributed by atoms with Crippen LogP contribution in [0.3, 0.4) is 0 Å². The highest BCUT2D eigenvalue weighted by Gasteiger charge is 2.41. The number of thiophene rings is 1.